The van der Waals surface area contributed by atoms with Crippen LogP contribution in [0.15, 0.2) is 24.3 Å². The highest BCUT2D eigenvalue weighted by atomic mass is 32.1. The van der Waals surface area contributed by atoms with Gasteiger partial charge in [-0.15, -0.1) is 0 Å². The predicted molar refractivity (Wildman–Crippen MR) is 130 cm³/mol. The Morgan fingerprint density at radius 2 is 1.56 bits per heavy atom. The first kappa shape index (κ1) is 23.8. The molecule has 3 rings (SSSR count). The topological polar surface area (TPSA) is 64.1 Å². The average molecular weight is 458 g/mol. The minimum Gasteiger partial charge on any atom is -0.493 e. The summed E-state index contributed by atoms with van der Waals surface area (Å²) < 4.78 is 17.4. The van der Waals surface area contributed by atoms with Gasteiger partial charge in [0.15, 0.2) is 16.6 Å². The number of rotatable bonds is 9. The van der Waals surface area contributed by atoms with Gasteiger partial charge >= 0.3 is 0 Å². The number of anilines is 1. The number of carbonyl (C=O) groups excluding carboxylic acids is 1. The molecule has 0 N–H and O–H groups in total. The standard InChI is InChI=1S/C24H31N3O4S/c1-15-11-18-21(12-16(15)2)32-24(25-18)27(10-8-9-26(3)4)23(28)17-13-19(29-5)22(31-7)20(14-17)30-6/h11-14H,8-10H2,1-7H3. The molecule has 1 heterocycles. The normalized spacial score (nSPS) is 11.1. The maximum absolute atomic E-state index is 13.7. The van der Waals surface area contributed by atoms with Crippen molar-refractivity contribution in [3.8, 4) is 17.2 Å². The van der Waals surface area contributed by atoms with Crippen molar-refractivity contribution >= 4 is 32.6 Å². The van der Waals surface area contributed by atoms with E-state index in [1.165, 1.54) is 22.5 Å². The van der Waals surface area contributed by atoms with Gasteiger partial charge in [0.25, 0.3) is 5.91 Å². The van der Waals surface area contributed by atoms with Crippen LogP contribution in [0.25, 0.3) is 10.2 Å². The van der Waals surface area contributed by atoms with Crippen LogP contribution in [0.2, 0.25) is 0 Å². The monoisotopic (exact) mass is 457 g/mol. The molecule has 0 aliphatic rings. The van der Waals surface area contributed by atoms with Crippen LogP contribution in [0.4, 0.5) is 5.13 Å². The zero-order valence-electron chi connectivity index (χ0n) is 19.8. The predicted octanol–water partition coefficient (Wildman–Crippen LogP) is 4.54. The molecule has 8 heteroatoms. The summed E-state index contributed by atoms with van der Waals surface area (Å²) in [5.74, 6) is 1.19. The Hall–Kier alpha value is -2.84. The molecule has 0 saturated heterocycles. The largest absolute Gasteiger partial charge is 0.493 e. The lowest BCUT2D eigenvalue weighted by molar-refractivity contribution is 0.0985. The van der Waals surface area contributed by atoms with Gasteiger partial charge in [0.1, 0.15) is 0 Å². The van der Waals surface area contributed by atoms with Crippen molar-refractivity contribution in [2.24, 2.45) is 0 Å². The molecule has 0 radical (unpaired) electrons. The summed E-state index contributed by atoms with van der Waals surface area (Å²) in [4.78, 5) is 22.3. The van der Waals surface area contributed by atoms with E-state index in [-0.39, 0.29) is 5.91 Å². The van der Waals surface area contributed by atoms with Crippen molar-refractivity contribution in [3.05, 3.63) is 41.0 Å². The third kappa shape index (κ3) is 4.97. The highest BCUT2D eigenvalue weighted by molar-refractivity contribution is 7.22. The number of aryl methyl sites for hydroxylation is 2. The molecule has 0 fully saturated rings. The van der Waals surface area contributed by atoms with E-state index in [1.54, 1.807) is 38.4 Å². The van der Waals surface area contributed by atoms with Crippen molar-refractivity contribution in [2.45, 2.75) is 20.3 Å². The van der Waals surface area contributed by atoms with Crippen LogP contribution in [-0.4, -0.2) is 64.3 Å². The van der Waals surface area contributed by atoms with Crippen LogP contribution in [0.1, 0.15) is 27.9 Å². The summed E-state index contributed by atoms with van der Waals surface area (Å²) in [7, 11) is 8.67. The molecule has 2 aromatic carbocycles. The lowest BCUT2D eigenvalue weighted by Crippen LogP contribution is -2.33. The molecule has 0 aliphatic carbocycles. The molecular formula is C24H31N3O4S. The smallest absolute Gasteiger partial charge is 0.260 e. The maximum atomic E-state index is 13.7. The minimum absolute atomic E-state index is 0.157. The third-order valence-electron chi connectivity index (χ3n) is 5.37. The fourth-order valence-corrected chi connectivity index (χ4v) is 4.54. The summed E-state index contributed by atoms with van der Waals surface area (Å²) in [5.41, 5.74) is 3.76. The number of carbonyl (C=O) groups is 1. The van der Waals surface area contributed by atoms with Gasteiger partial charge in [0, 0.05) is 12.1 Å². The van der Waals surface area contributed by atoms with E-state index in [4.69, 9.17) is 19.2 Å². The van der Waals surface area contributed by atoms with Gasteiger partial charge in [-0.25, -0.2) is 4.98 Å². The number of thiazole rings is 1. The molecule has 172 valence electrons. The van der Waals surface area contributed by atoms with Gasteiger partial charge in [0.05, 0.1) is 31.5 Å². The van der Waals surface area contributed by atoms with E-state index in [2.05, 4.69) is 30.9 Å². The van der Waals surface area contributed by atoms with E-state index in [9.17, 15) is 4.79 Å². The van der Waals surface area contributed by atoms with Crippen LogP contribution in [0.3, 0.4) is 0 Å². The van der Waals surface area contributed by atoms with Crippen LogP contribution in [0, 0.1) is 13.8 Å². The van der Waals surface area contributed by atoms with Crippen LogP contribution in [-0.2, 0) is 0 Å². The van der Waals surface area contributed by atoms with Gasteiger partial charge in [-0.05, 0) is 76.3 Å². The fraction of sp³-hybridized carbons (Fsp3) is 0.417. The summed E-state index contributed by atoms with van der Waals surface area (Å²) in [6.45, 7) is 5.57. The quantitative estimate of drug-likeness (QED) is 0.470. The van der Waals surface area contributed by atoms with E-state index in [1.807, 2.05) is 14.1 Å². The lowest BCUT2D eigenvalue weighted by Gasteiger charge is -2.22. The second-order valence-corrected chi connectivity index (χ2v) is 8.94. The number of fused-ring (bicyclic) bond motifs is 1. The van der Waals surface area contributed by atoms with Gasteiger partial charge in [-0.2, -0.15) is 0 Å². The number of ether oxygens (including phenoxy) is 3. The summed E-state index contributed by atoms with van der Waals surface area (Å²) in [5, 5.41) is 0.683. The Labute approximate surface area is 193 Å². The SMILES string of the molecule is COc1cc(C(=O)N(CCCN(C)C)c2nc3cc(C)c(C)cc3s2)cc(OC)c1OC. The van der Waals surface area contributed by atoms with Crippen LogP contribution >= 0.6 is 11.3 Å². The van der Waals surface area contributed by atoms with Gasteiger partial charge in [0.2, 0.25) is 5.75 Å². The highest BCUT2D eigenvalue weighted by Gasteiger charge is 2.24. The van der Waals surface area contributed by atoms with Gasteiger partial charge in [-0.3, -0.25) is 9.69 Å². The van der Waals surface area contributed by atoms with E-state index in [0.717, 1.165) is 23.2 Å². The number of hydrogen-bond donors (Lipinski definition) is 0. The Bertz CT molecular complexity index is 1050. The molecule has 0 bridgehead atoms. The summed E-state index contributed by atoms with van der Waals surface area (Å²) >= 11 is 1.53. The van der Waals surface area contributed by atoms with E-state index < -0.39 is 0 Å². The molecule has 0 unspecified atom stereocenters. The number of amides is 1. The number of aromatic nitrogens is 1. The number of methoxy groups -OCH3 is 3. The average Bonchev–Trinajstić information content (AvgIpc) is 3.17. The van der Waals surface area contributed by atoms with Crippen molar-refractivity contribution in [2.75, 3.05) is 53.4 Å². The zero-order chi connectivity index (χ0) is 23.4. The first-order valence-electron chi connectivity index (χ1n) is 10.4. The van der Waals surface area contributed by atoms with Crippen molar-refractivity contribution in [3.63, 3.8) is 0 Å². The number of nitrogens with zero attached hydrogens (tertiary/aromatic N) is 3. The second kappa shape index (κ2) is 10.2. The summed E-state index contributed by atoms with van der Waals surface area (Å²) in [6.07, 6.45) is 0.817. The van der Waals surface area contributed by atoms with Crippen LogP contribution in [0.5, 0.6) is 17.2 Å². The molecule has 0 aliphatic heterocycles. The molecule has 0 saturated carbocycles. The Balaban J connectivity index is 2.05. The molecule has 7 nitrogen and oxygen atoms in total. The van der Waals surface area contributed by atoms with Crippen molar-refractivity contribution in [1.29, 1.82) is 0 Å². The molecule has 32 heavy (non-hydrogen) atoms. The second-order valence-electron chi connectivity index (χ2n) is 7.93. The molecule has 1 amide bonds. The Morgan fingerprint density at radius 1 is 0.938 bits per heavy atom. The fourth-order valence-electron chi connectivity index (χ4n) is 3.47. The molecule has 0 atom stereocenters. The third-order valence-corrected chi connectivity index (χ3v) is 6.41. The summed E-state index contributed by atoms with van der Waals surface area (Å²) in [6, 6.07) is 7.58. The van der Waals surface area contributed by atoms with Crippen molar-refractivity contribution < 1.29 is 19.0 Å². The molecule has 0 spiro atoms. The molecular weight excluding hydrogens is 426 g/mol. The highest BCUT2D eigenvalue weighted by Crippen LogP contribution is 2.39. The van der Waals surface area contributed by atoms with Crippen LogP contribution < -0.4 is 19.1 Å². The Morgan fingerprint density at radius 3 is 2.12 bits per heavy atom. The number of hydrogen-bond acceptors (Lipinski definition) is 7. The first-order chi connectivity index (χ1) is 15.3. The van der Waals surface area contributed by atoms with Gasteiger partial charge in [-0.1, -0.05) is 11.3 Å². The minimum atomic E-state index is -0.157. The zero-order valence-corrected chi connectivity index (χ0v) is 20.6. The Kier molecular flexibility index (Phi) is 7.58. The van der Waals surface area contributed by atoms with E-state index in [0.29, 0.717) is 34.5 Å². The van der Waals surface area contributed by atoms with E-state index >= 15 is 0 Å². The van der Waals surface area contributed by atoms with Gasteiger partial charge < -0.3 is 19.1 Å². The van der Waals surface area contributed by atoms with Crippen molar-refractivity contribution in [1.82, 2.24) is 9.88 Å². The molecule has 1 aromatic heterocycles. The first-order valence-corrected chi connectivity index (χ1v) is 11.2. The lowest BCUT2D eigenvalue weighted by atomic mass is 10.1. The number of benzene rings is 2. The maximum Gasteiger partial charge on any atom is 0.260 e. The molecule has 3 aromatic rings.